The molecule has 2 N–H and O–H groups in total. The molecule has 1 aliphatic carbocycles. The molecule has 0 spiro atoms. The van der Waals surface area contributed by atoms with Crippen molar-refractivity contribution in [1.29, 1.82) is 0 Å². The van der Waals surface area contributed by atoms with Crippen LogP contribution in [-0.4, -0.2) is 21.5 Å². The van der Waals surface area contributed by atoms with E-state index in [1.54, 1.807) is 12.1 Å². The van der Waals surface area contributed by atoms with Crippen LogP contribution in [0.25, 0.3) is 0 Å². The summed E-state index contributed by atoms with van der Waals surface area (Å²) >= 11 is 6.15. The number of nitrogens with one attached hydrogen (secondary N) is 2. The molecule has 0 heterocycles. The minimum atomic E-state index is -3.49. The Balaban J connectivity index is 2.13. The van der Waals surface area contributed by atoms with Crippen LogP contribution < -0.4 is 10.0 Å². The number of hydrogen-bond acceptors (Lipinski definition) is 3. The van der Waals surface area contributed by atoms with Gasteiger partial charge in [-0.2, -0.15) is 0 Å². The molecule has 6 heteroatoms. The first kappa shape index (κ1) is 16.7. The minimum absolute atomic E-state index is 0.0366. The zero-order valence-electron chi connectivity index (χ0n) is 12.5. The van der Waals surface area contributed by atoms with Gasteiger partial charge in [0.1, 0.15) is 0 Å². The molecule has 21 heavy (non-hydrogen) atoms. The molecule has 2 rings (SSSR count). The number of benzene rings is 1. The Morgan fingerprint density at radius 3 is 2.71 bits per heavy atom. The van der Waals surface area contributed by atoms with Crippen molar-refractivity contribution in [3.8, 4) is 0 Å². The summed E-state index contributed by atoms with van der Waals surface area (Å²) in [5.41, 5.74) is 0.893. The van der Waals surface area contributed by atoms with Gasteiger partial charge in [0.25, 0.3) is 0 Å². The van der Waals surface area contributed by atoms with E-state index in [4.69, 9.17) is 11.6 Å². The maximum absolute atomic E-state index is 12.4. The lowest BCUT2D eigenvalue weighted by Crippen LogP contribution is -2.37. The van der Waals surface area contributed by atoms with Gasteiger partial charge in [0, 0.05) is 17.6 Å². The van der Waals surface area contributed by atoms with Crippen LogP contribution in [0.2, 0.25) is 5.02 Å². The van der Waals surface area contributed by atoms with E-state index in [0.717, 1.165) is 24.8 Å². The third-order valence-corrected chi connectivity index (χ3v) is 5.83. The molecule has 0 aromatic heterocycles. The average molecular weight is 331 g/mol. The van der Waals surface area contributed by atoms with E-state index in [-0.39, 0.29) is 10.9 Å². The molecule has 1 aromatic rings. The SMILES string of the molecule is CNCc1ccc(S(=O)(=O)NC2CCCC(C)C2)cc1Cl. The van der Waals surface area contributed by atoms with E-state index in [0.29, 0.717) is 17.5 Å². The van der Waals surface area contributed by atoms with E-state index in [9.17, 15) is 8.42 Å². The van der Waals surface area contributed by atoms with Crippen molar-refractivity contribution in [1.82, 2.24) is 10.0 Å². The molecule has 0 radical (unpaired) electrons. The number of rotatable bonds is 5. The molecule has 0 saturated heterocycles. The molecule has 1 aliphatic rings. The summed E-state index contributed by atoms with van der Waals surface area (Å²) in [4.78, 5) is 0.241. The second kappa shape index (κ2) is 7.09. The largest absolute Gasteiger partial charge is 0.316 e. The van der Waals surface area contributed by atoms with Gasteiger partial charge in [-0.15, -0.1) is 0 Å². The molecular weight excluding hydrogens is 308 g/mol. The van der Waals surface area contributed by atoms with Crippen molar-refractivity contribution in [2.24, 2.45) is 5.92 Å². The van der Waals surface area contributed by atoms with Gasteiger partial charge in [0.05, 0.1) is 4.90 Å². The minimum Gasteiger partial charge on any atom is -0.316 e. The quantitative estimate of drug-likeness (QED) is 0.872. The van der Waals surface area contributed by atoms with Crippen molar-refractivity contribution in [2.45, 2.75) is 50.1 Å². The van der Waals surface area contributed by atoms with E-state index in [1.165, 1.54) is 12.5 Å². The van der Waals surface area contributed by atoms with Gasteiger partial charge in [-0.25, -0.2) is 13.1 Å². The Kier molecular flexibility index (Phi) is 5.66. The first-order valence-electron chi connectivity index (χ1n) is 7.37. The summed E-state index contributed by atoms with van der Waals surface area (Å²) in [5, 5.41) is 3.48. The molecule has 118 valence electrons. The molecule has 0 aliphatic heterocycles. The highest BCUT2D eigenvalue weighted by atomic mass is 35.5. The topological polar surface area (TPSA) is 58.2 Å². The highest BCUT2D eigenvalue weighted by Crippen LogP contribution is 2.26. The number of hydrogen-bond donors (Lipinski definition) is 2. The van der Waals surface area contributed by atoms with Crippen LogP contribution in [0, 0.1) is 5.92 Å². The lowest BCUT2D eigenvalue weighted by atomic mass is 9.88. The molecular formula is C15H23ClN2O2S. The molecule has 2 atom stereocenters. The van der Waals surface area contributed by atoms with E-state index >= 15 is 0 Å². The summed E-state index contributed by atoms with van der Waals surface area (Å²) in [5.74, 6) is 0.577. The second-order valence-electron chi connectivity index (χ2n) is 5.87. The highest BCUT2D eigenvalue weighted by molar-refractivity contribution is 7.89. The summed E-state index contributed by atoms with van der Waals surface area (Å²) in [6.07, 6.45) is 4.08. The zero-order valence-corrected chi connectivity index (χ0v) is 14.1. The van der Waals surface area contributed by atoms with Crippen LogP contribution in [0.5, 0.6) is 0 Å². The fraction of sp³-hybridized carbons (Fsp3) is 0.600. The Morgan fingerprint density at radius 2 is 2.10 bits per heavy atom. The van der Waals surface area contributed by atoms with Crippen molar-refractivity contribution < 1.29 is 8.42 Å². The third kappa shape index (κ3) is 4.42. The van der Waals surface area contributed by atoms with E-state index in [2.05, 4.69) is 17.0 Å². The lowest BCUT2D eigenvalue weighted by molar-refractivity contribution is 0.327. The van der Waals surface area contributed by atoms with Crippen molar-refractivity contribution in [3.63, 3.8) is 0 Å². The van der Waals surface area contributed by atoms with Crippen molar-refractivity contribution >= 4 is 21.6 Å². The van der Waals surface area contributed by atoms with Gasteiger partial charge in [0.2, 0.25) is 10.0 Å². The first-order valence-corrected chi connectivity index (χ1v) is 9.24. The lowest BCUT2D eigenvalue weighted by Gasteiger charge is -2.27. The summed E-state index contributed by atoms with van der Waals surface area (Å²) in [6, 6.07) is 4.95. The van der Waals surface area contributed by atoms with Gasteiger partial charge in [-0.3, -0.25) is 0 Å². The van der Waals surface area contributed by atoms with Gasteiger partial charge in [0.15, 0.2) is 0 Å². The summed E-state index contributed by atoms with van der Waals surface area (Å²) < 4.78 is 27.7. The average Bonchev–Trinajstić information content (AvgIpc) is 2.40. The predicted molar refractivity (Wildman–Crippen MR) is 86.0 cm³/mol. The summed E-state index contributed by atoms with van der Waals surface area (Å²) in [6.45, 7) is 2.79. The molecule has 2 unspecified atom stereocenters. The van der Waals surface area contributed by atoms with Crippen LogP contribution in [0.1, 0.15) is 38.2 Å². The fourth-order valence-corrected chi connectivity index (χ4v) is 4.48. The van der Waals surface area contributed by atoms with Crippen LogP contribution in [0.4, 0.5) is 0 Å². The first-order chi connectivity index (χ1) is 9.92. The third-order valence-electron chi connectivity index (χ3n) is 3.96. The van der Waals surface area contributed by atoms with Crippen LogP contribution in [0.3, 0.4) is 0 Å². The number of halogens is 1. The van der Waals surface area contributed by atoms with Crippen LogP contribution in [-0.2, 0) is 16.6 Å². The fourth-order valence-electron chi connectivity index (χ4n) is 2.86. The Labute approximate surface area is 132 Å². The monoisotopic (exact) mass is 330 g/mol. The maximum Gasteiger partial charge on any atom is 0.240 e. The molecule has 1 fully saturated rings. The van der Waals surface area contributed by atoms with Gasteiger partial charge in [-0.1, -0.05) is 37.4 Å². The molecule has 0 amide bonds. The van der Waals surface area contributed by atoms with Gasteiger partial charge >= 0.3 is 0 Å². The number of sulfonamides is 1. The second-order valence-corrected chi connectivity index (χ2v) is 7.99. The van der Waals surface area contributed by atoms with Crippen LogP contribution >= 0.6 is 11.6 Å². The van der Waals surface area contributed by atoms with Crippen LogP contribution in [0.15, 0.2) is 23.1 Å². The molecule has 1 aromatic carbocycles. The van der Waals surface area contributed by atoms with Crippen molar-refractivity contribution in [3.05, 3.63) is 28.8 Å². The van der Waals surface area contributed by atoms with Gasteiger partial charge < -0.3 is 5.32 Å². The molecule has 0 bridgehead atoms. The van der Waals surface area contributed by atoms with E-state index < -0.39 is 10.0 Å². The maximum atomic E-state index is 12.4. The smallest absolute Gasteiger partial charge is 0.240 e. The van der Waals surface area contributed by atoms with Gasteiger partial charge in [-0.05, 0) is 43.5 Å². The standard InChI is InChI=1S/C15H23ClN2O2S/c1-11-4-3-5-13(8-11)18-21(19,20)14-7-6-12(10-17-2)15(16)9-14/h6-7,9,11,13,17-18H,3-5,8,10H2,1-2H3. The highest BCUT2D eigenvalue weighted by Gasteiger charge is 2.25. The molecule has 1 saturated carbocycles. The van der Waals surface area contributed by atoms with Crippen molar-refractivity contribution in [2.75, 3.05) is 7.05 Å². The Hall–Kier alpha value is -0.620. The summed E-state index contributed by atoms with van der Waals surface area (Å²) in [7, 11) is -1.67. The zero-order chi connectivity index (χ0) is 15.5. The molecule has 4 nitrogen and oxygen atoms in total. The predicted octanol–water partition coefficient (Wildman–Crippen LogP) is 2.92. The Morgan fingerprint density at radius 1 is 1.33 bits per heavy atom. The van der Waals surface area contributed by atoms with E-state index in [1.807, 2.05) is 7.05 Å². The Bertz CT molecular complexity index is 589. The normalized spacial score (nSPS) is 23.2.